The molecule has 2 aromatic carbocycles. The Morgan fingerprint density at radius 3 is 2.54 bits per heavy atom. The number of nitrogens with one attached hydrogen (secondary N) is 1. The van der Waals surface area contributed by atoms with Gasteiger partial charge in [-0.25, -0.2) is 0 Å². The molecule has 1 N–H and O–H groups in total. The molecule has 0 spiro atoms. The van der Waals surface area contributed by atoms with Gasteiger partial charge in [-0.3, -0.25) is 9.48 Å². The molecule has 0 fully saturated rings. The molecule has 0 atom stereocenters. The number of aryl methyl sites for hydroxylation is 1. The summed E-state index contributed by atoms with van der Waals surface area (Å²) in [6.07, 6.45) is 4.59. The second kappa shape index (κ2) is 8.88. The zero-order valence-electron chi connectivity index (χ0n) is 14.2. The lowest BCUT2D eigenvalue weighted by Gasteiger charge is -2.11. The summed E-state index contributed by atoms with van der Waals surface area (Å²) in [4.78, 5) is 12.2. The third-order valence-corrected chi connectivity index (χ3v) is 5.00. The monoisotopic (exact) mass is 387 g/mol. The van der Waals surface area contributed by atoms with Crippen molar-refractivity contribution in [2.24, 2.45) is 0 Å². The topological polar surface area (TPSA) is 46.9 Å². The smallest absolute Gasteiger partial charge is 0.220 e. The van der Waals surface area contributed by atoms with Gasteiger partial charge in [-0.2, -0.15) is 5.10 Å². The van der Waals surface area contributed by atoms with Crippen molar-refractivity contribution in [3.05, 3.63) is 87.7 Å². The van der Waals surface area contributed by atoms with Crippen molar-refractivity contribution in [3.8, 4) is 0 Å². The Morgan fingerprint density at radius 2 is 1.77 bits per heavy atom. The fourth-order valence-corrected chi connectivity index (χ4v) is 3.14. The average Bonchev–Trinajstić information content (AvgIpc) is 3.15. The van der Waals surface area contributed by atoms with Gasteiger partial charge < -0.3 is 5.32 Å². The summed E-state index contributed by atoms with van der Waals surface area (Å²) in [6, 6.07) is 15.4. The van der Waals surface area contributed by atoms with Crippen LogP contribution in [0.2, 0.25) is 10.0 Å². The van der Waals surface area contributed by atoms with Crippen LogP contribution in [0, 0.1) is 0 Å². The van der Waals surface area contributed by atoms with Crippen LogP contribution in [-0.2, 0) is 24.3 Å². The predicted molar refractivity (Wildman–Crippen MR) is 104 cm³/mol. The van der Waals surface area contributed by atoms with E-state index in [2.05, 4.69) is 16.5 Å². The summed E-state index contributed by atoms with van der Waals surface area (Å²) in [5.74, 6) is -0.0186. The van der Waals surface area contributed by atoms with Crippen LogP contribution < -0.4 is 5.32 Å². The summed E-state index contributed by atoms with van der Waals surface area (Å²) >= 11 is 12.2. The quantitative estimate of drug-likeness (QED) is 0.649. The lowest BCUT2D eigenvalue weighted by molar-refractivity contribution is -0.121. The van der Waals surface area contributed by atoms with Crippen molar-refractivity contribution >= 4 is 29.1 Å². The molecule has 3 aromatic rings. The summed E-state index contributed by atoms with van der Waals surface area (Å²) < 4.78 is 1.86. The Bertz CT molecular complexity index is 879. The van der Waals surface area contributed by atoms with Crippen LogP contribution in [0.15, 0.2) is 60.9 Å². The normalized spacial score (nSPS) is 10.7. The van der Waals surface area contributed by atoms with E-state index < -0.39 is 0 Å². The molecule has 1 aromatic heterocycles. The highest BCUT2D eigenvalue weighted by molar-refractivity contribution is 6.42. The molecule has 26 heavy (non-hydrogen) atoms. The van der Waals surface area contributed by atoms with Crippen LogP contribution in [0.3, 0.4) is 0 Å². The lowest BCUT2D eigenvalue weighted by atomic mass is 10.1. The predicted octanol–water partition coefficient (Wildman–Crippen LogP) is 4.49. The van der Waals surface area contributed by atoms with Crippen molar-refractivity contribution < 1.29 is 4.79 Å². The molecule has 4 nitrogen and oxygen atoms in total. The number of carbonyl (C=O) groups is 1. The first-order valence-corrected chi connectivity index (χ1v) is 9.13. The molecule has 134 valence electrons. The van der Waals surface area contributed by atoms with E-state index in [1.165, 1.54) is 0 Å². The third-order valence-electron chi connectivity index (χ3n) is 4.14. The number of aromatic nitrogens is 2. The molecular formula is C20H19Cl2N3O. The van der Waals surface area contributed by atoms with Crippen LogP contribution in [0.25, 0.3) is 0 Å². The molecule has 0 aliphatic rings. The maximum Gasteiger partial charge on any atom is 0.220 e. The zero-order valence-corrected chi connectivity index (χ0v) is 15.7. The standard InChI is InChI=1S/C20H19Cl2N3O/c21-18-8-3-7-15(20(18)22)9-10-19(26)23-13-16-5-1-2-6-17(16)14-25-12-4-11-24-25/h1-8,11-12H,9-10,13-14H2,(H,23,26). The van der Waals surface area contributed by atoms with Crippen molar-refractivity contribution in [2.45, 2.75) is 25.9 Å². The fourth-order valence-electron chi connectivity index (χ4n) is 2.72. The van der Waals surface area contributed by atoms with Gasteiger partial charge in [0.05, 0.1) is 16.6 Å². The second-order valence-electron chi connectivity index (χ2n) is 5.96. The maximum absolute atomic E-state index is 12.2. The summed E-state index contributed by atoms with van der Waals surface area (Å²) in [7, 11) is 0. The molecule has 6 heteroatoms. The van der Waals surface area contributed by atoms with Crippen LogP contribution in [0.5, 0.6) is 0 Å². The molecule has 1 heterocycles. The van der Waals surface area contributed by atoms with E-state index in [-0.39, 0.29) is 5.91 Å². The SMILES string of the molecule is O=C(CCc1cccc(Cl)c1Cl)NCc1ccccc1Cn1cccn1. The Kier molecular flexibility index (Phi) is 6.31. The van der Waals surface area contributed by atoms with E-state index in [0.717, 1.165) is 16.7 Å². The minimum absolute atomic E-state index is 0.0186. The number of hydrogen-bond acceptors (Lipinski definition) is 2. The van der Waals surface area contributed by atoms with Gasteiger partial charge in [-0.05, 0) is 35.2 Å². The second-order valence-corrected chi connectivity index (χ2v) is 6.75. The molecule has 0 radical (unpaired) electrons. The molecule has 0 unspecified atom stereocenters. The summed E-state index contributed by atoms with van der Waals surface area (Å²) in [5.41, 5.74) is 3.10. The van der Waals surface area contributed by atoms with Gasteiger partial charge >= 0.3 is 0 Å². The molecule has 0 bridgehead atoms. The minimum Gasteiger partial charge on any atom is -0.352 e. The summed E-state index contributed by atoms with van der Waals surface area (Å²) in [5, 5.41) is 8.24. The van der Waals surface area contributed by atoms with Gasteiger partial charge in [-0.15, -0.1) is 0 Å². The Labute approximate surface area is 162 Å². The first-order chi connectivity index (χ1) is 12.6. The number of amides is 1. The third kappa shape index (κ3) is 4.87. The van der Waals surface area contributed by atoms with Crippen LogP contribution >= 0.6 is 23.2 Å². The van der Waals surface area contributed by atoms with E-state index in [9.17, 15) is 4.79 Å². The Balaban J connectivity index is 1.55. The lowest BCUT2D eigenvalue weighted by Crippen LogP contribution is -2.24. The van der Waals surface area contributed by atoms with Gasteiger partial charge in [0.1, 0.15) is 0 Å². The molecular weight excluding hydrogens is 369 g/mol. The minimum atomic E-state index is -0.0186. The number of carbonyl (C=O) groups excluding carboxylic acids is 1. The summed E-state index contributed by atoms with van der Waals surface area (Å²) in [6.45, 7) is 1.16. The van der Waals surface area contributed by atoms with E-state index in [4.69, 9.17) is 23.2 Å². The number of rotatable bonds is 7. The number of nitrogens with zero attached hydrogens (tertiary/aromatic N) is 2. The van der Waals surface area contributed by atoms with Gasteiger partial charge in [0.2, 0.25) is 5.91 Å². The Hall–Kier alpha value is -2.30. The maximum atomic E-state index is 12.2. The first kappa shape index (κ1) is 18.5. The van der Waals surface area contributed by atoms with Gasteiger partial charge in [0.25, 0.3) is 0 Å². The van der Waals surface area contributed by atoms with Crippen LogP contribution in [0.1, 0.15) is 23.1 Å². The highest BCUT2D eigenvalue weighted by atomic mass is 35.5. The molecule has 0 saturated heterocycles. The average molecular weight is 388 g/mol. The fraction of sp³-hybridized carbons (Fsp3) is 0.200. The van der Waals surface area contributed by atoms with Crippen LogP contribution in [-0.4, -0.2) is 15.7 Å². The highest BCUT2D eigenvalue weighted by Gasteiger charge is 2.09. The van der Waals surface area contributed by atoms with Gasteiger partial charge in [0.15, 0.2) is 0 Å². The largest absolute Gasteiger partial charge is 0.352 e. The molecule has 0 aliphatic carbocycles. The zero-order chi connectivity index (χ0) is 18.4. The molecule has 0 saturated carbocycles. The molecule has 0 aliphatic heterocycles. The van der Waals surface area contributed by atoms with E-state index >= 15 is 0 Å². The van der Waals surface area contributed by atoms with Gasteiger partial charge in [-0.1, -0.05) is 59.6 Å². The molecule has 3 rings (SSSR count). The van der Waals surface area contributed by atoms with Gasteiger partial charge in [0, 0.05) is 25.4 Å². The van der Waals surface area contributed by atoms with E-state index in [1.807, 2.05) is 47.3 Å². The highest BCUT2D eigenvalue weighted by Crippen LogP contribution is 2.26. The van der Waals surface area contributed by atoms with Crippen LogP contribution in [0.4, 0.5) is 0 Å². The van der Waals surface area contributed by atoms with Crippen molar-refractivity contribution in [3.63, 3.8) is 0 Å². The number of benzene rings is 2. The van der Waals surface area contributed by atoms with E-state index in [1.54, 1.807) is 12.3 Å². The number of halogens is 2. The van der Waals surface area contributed by atoms with Crippen molar-refractivity contribution in [1.82, 2.24) is 15.1 Å². The van der Waals surface area contributed by atoms with E-state index in [0.29, 0.717) is 36.0 Å². The molecule has 1 amide bonds. The van der Waals surface area contributed by atoms with Crippen molar-refractivity contribution in [1.29, 1.82) is 0 Å². The van der Waals surface area contributed by atoms with Crippen molar-refractivity contribution in [2.75, 3.05) is 0 Å². The number of hydrogen-bond donors (Lipinski definition) is 1. The first-order valence-electron chi connectivity index (χ1n) is 8.37. The Morgan fingerprint density at radius 1 is 1.00 bits per heavy atom.